The fourth-order valence-electron chi connectivity index (χ4n) is 3.04. The molecule has 0 bridgehead atoms. The minimum atomic E-state index is -0.454. The average Bonchev–Trinajstić information content (AvgIpc) is 2.66. The summed E-state index contributed by atoms with van der Waals surface area (Å²) in [5, 5.41) is 3.16. The van der Waals surface area contributed by atoms with Gasteiger partial charge in [-0.2, -0.15) is 0 Å². The van der Waals surface area contributed by atoms with Gasteiger partial charge in [-0.25, -0.2) is 4.79 Å². The van der Waals surface area contributed by atoms with Crippen LogP contribution in [0.2, 0.25) is 0 Å². The van der Waals surface area contributed by atoms with Crippen LogP contribution in [0.1, 0.15) is 39.2 Å². The van der Waals surface area contributed by atoms with Crippen molar-refractivity contribution in [3.05, 3.63) is 29.8 Å². The summed E-state index contributed by atoms with van der Waals surface area (Å²) in [6.45, 7) is 8.49. The van der Waals surface area contributed by atoms with Crippen LogP contribution in [0.25, 0.3) is 0 Å². The molecule has 0 radical (unpaired) electrons. The van der Waals surface area contributed by atoms with Crippen LogP contribution in [-0.4, -0.2) is 55.8 Å². The number of carbonyl (C=O) groups is 1. The molecular weight excluding hydrogens is 356 g/mol. The van der Waals surface area contributed by atoms with Gasteiger partial charge in [0.25, 0.3) is 0 Å². The third kappa shape index (κ3) is 7.66. The van der Waals surface area contributed by atoms with Gasteiger partial charge in [-0.15, -0.1) is 0 Å². The Kier molecular flexibility index (Phi) is 7.96. The number of hydrogen-bond acceptors (Lipinski definition) is 4. The van der Waals surface area contributed by atoms with Crippen molar-refractivity contribution in [1.29, 1.82) is 0 Å². The van der Waals surface area contributed by atoms with Crippen molar-refractivity contribution in [2.75, 3.05) is 33.3 Å². The standard InChI is InChI=1S/C21H34N4O3/c1-21(2,3)28-20(26)25-13-10-17(11-14-25)15-24-19(22)23-12-9-16-5-7-18(27-4)8-6-16/h5-8,17H,9-15H2,1-4H3,(H3,22,23,24). The number of piperidine rings is 1. The predicted octanol–water partition coefficient (Wildman–Crippen LogP) is 2.79. The zero-order chi connectivity index (χ0) is 20.6. The van der Waals surface area contributed by atoms with E-state index in [0.717, 1.165) is 31.6 Å². The summed E-state index contributed by atoms with van der Waals surface area (Å²) < 4.78 is 10.6. The molecule has 1 amide bonds. The number of guanidine groups is 1. The molecule has 7 heteroatoms. The maximum absolute atomic E-state index is 12.1. The largest absolute Gasteiger partial charge is 0.497 e. The first-order valence-electron chi connectivity index (χ1n) is 9.91. The molecule has 28 heavy (non-hydrogen) atoms. The normalized spacial score (nSPS) is 16.0. The van der Waals surface area contributed by atoms with Gasteiger partial charge in [0.15, 0.2) is 5.96 Å². The van der Waals surface area contributed by atoms with Crippen LogP contribution < -0.4 is 15.8 Å². The number of rotatable bonds is 6. The predicted molar refractivity (Wildman–Crippen MR) is 112 cm³/mol. The molecule has 0 spiro atoms. The Bertz CT molecular complexity index is 645. The van der Waals surface area contributed by atoms with Gasteiger partial charge in [-0.1, -0.05) is 12.1 Å². The second kappa shape index (κ2) is 10.2. The molecule has 7 nitrogen and oxygen atoms in total. The first-order valence-corrected chi connectivity index (χ1v) is 9.91. The molecule has 0 aliphatic carbocycles. The van der Waals surface area contributed by atoms with E-state index in [1.165, 1.54) is 5.56 Å². The summed E-state index contributed by atoms with van der Waals surface area (Å²) >= 11 is 0. The molecule has 1 aromatic carbocycles. The molecule has 3 N–H and O–H groups in total. The van der Waals surface area contributed by atoms with Gasteiger partial charge in [0.2, 0.25) is 0 Å². The van der Waals surface area contributed by atoms with Gasteiger partial charge >= 0.3 is 6.09 Å². The summed E-state index contributed by atoms with van der Waals surface area (Å²) in [6.07, 6.45) is 2.48. The lowest BCUT2D eigenvalue weighted by molar-refractivity contribution is 0.0187. The second-order valence-electron chi connectivity index (χ2n) is 8.16. The topological polar surface area (TPSA) is 89.2 Å². The first kappa shape index (κ1) is 21.9. The molecule has 0 atom stereocenters. The highest BCUT2D eigenvalue weighted by Gasteiger charge is 2.26. The highest BCUT2D eigenvalue weighted by Crippen LogP contribution is 2.20. The van der Waals surface area contributed by atoms with E-state index in [4.69, 9.17) is 15.2 Å². The quantitative estimate of drug-likeness (QED) is 0.576. The fourth-order valence-corrected chi connectivity index (χ4v) is 3.04. The Morgan fingerprint density at radius 2 is 1.89 bits per heavy atom. The van der Waals surface area contributed by atoms with E-state index >= 15 is 0 Å². The number of methoxy groups -OCH3 is 1. The molecule has 1 aliphatic rings. The molecule has 2 rings (SSSR count). The van der Waals surface area contributed by atoms with Crippen molar-refractivity contribution in [1.82, 2.24) is 10.2 Å². The van der Waals surface area contributed by atoms with E-state index in [1.54, 1.807) is 12.0 Å². The number of aliphatic imine (C=N–C) groups is 1. The van der Waals surface area contributed by atoms with Gasteiger partial charge in [0.05, 0.1) is 7.11 Å². The molecule has 1 saturated heterocycles. The van der Waals surface area contributed by atoms with Gasteiger partial charge in [0, 0.05) is 26.2 Å². The summed E-state index contributed by atoms with van der Waals surface area (Å²) in [6, 6.07) is 8.01. The van der Waals surface area contributed by atoms with E-state index < -0.39 is 5.60 Å². The summed E-state index contributed by atoms with van der Waals surface area (Å²) in [5.74, 6) is 1.78. The summed E-state index contributed by atoms with van der Waals surface area (Å²) in [5.41, 5.74) is 6.74. The van der Waals surface area contributed by atoms with Crippen molar-refractivity contribution >= 4 is 12.1 Å². The van der Waals surface area contributed by atoms with Crippen molar-refractivity contribution in [2.45, 2.75) is 45.6 Å². The van der Waals surface area contributed by atoms with E-state index in [0.29, 0.717) is 31.5 Å². The van der Waals surface area contributed by atoms with Crippen LogP contribution in [-0.2, 0) is 11.2 Å². The molecule has 1 aromatic rings. The maximum Gasteiger partial charge on any atom is 0.410 e. The molecule has 0 unspecified atom stereocenters. The first-order chi connectivity index (χ1) is 13.3. The van der Waals surface area contributed by atoms with Crippen molar-refractivity contribution in [3.63, 3.8) is 0 Å². The lowest BCUT2D eigenvalue weighted by Crippen LogP contribution is -2.42. The fraction of sp³-hybridized carbons (Fsp3) is 0.619. The number of nitrogens with two attached hydrogens (primary N) is 1. The maximum atomic E-state index is 12.1. The van der Waals surface area contributed by atoms with Crippen LogP contribution in [0.15, 0.2) is 29.3 Å². The number of benzene rings is 1. The number of nitrogens with one attached hydrogen (secondary N) is 1. The minimum Gasteiger partial charge on any atom is -0.497 e. The summed E-state index contributed by atoms with van der Waals surface area (Å²) in [7, 11) is 1.66. The molecule has 0 saturated carbocycles. The third-order valence-electron chi connectivity index (χ3n) is 4.66. The molecule has 1 heterocycles. The van der Waals surface area contributed by atoms with Gasteiger partial charge in [-0.05, 0) is 63.6 Å². The Labute approximate surface area is 168 Å². The lowest BCUT2D eigenvalue weighted by Gasteiger charge is -2.33. The van der Waals surface area contributed by atoms with E-state index in [1.807, 2.05) is 45.0 Å². The van der Waals surface area contributed by atoms with Crippen LogP contribution in [0, 0.1) is 5.92 Å². The van der Waals surface area contributed by atoms with Crippen molar-refractivity contribution in [3.8, 4) is 5.75 Å². The zero-order valence-corrected chi connectivity index (χ0v) is 17.5. The molecule has 156 valence electrons. The second-order valence-corrected chi connectivity index (χ2v) is 8.16. The molecule has 1 fully saturated rings. The van der Waals surface area contributed by atoms with Gasteiger partial charge in [-0.3, -0.25) is 4.99 Å². The Balaban J connectivity index is 1.66. The SMILES string of the molecule is COc1ccc(CCNC(N)=NCC2CCN(C(=O)OC(C)(C)C)CC2)cc1. The van der Waals surface area contributed by atoms with Gasteiger partial charge < -0.3 is 25.4 Å². The number of ether oxygens (including phenoxy) is 2. The highest BCUT2D eigenvalue weighted by atomic mass is 16.6. The monoisotopic (exact) mass is 390 g/mol. The van der Waals surface area contributed by atoms with Crippen molar-refractivity contribution < 1.29 is 14.3 Å². The average molecular weight is 391 g/mol. The molecule has 0 aromatic heterocycles. The van der Waals surface area contributed by atoms with E-state index in [-0.39, 0.29) is 6.09 Å². The van der Waals surface area contributed by atoms with Crippen molar-refractivity contribution in [2.24, 2.45) is 16.6 Å². The molecular formula is C21H34N4O3. The smallest absolute Gasteiger partial charge is 0.410 e. The Morgan fingerprint density at radius 3 is 2.46 bits per heavy atom. The Hall–Kier alpha value is -2.44. The van der Waals surface area contributed by atoms with Crippen LogP contribution in [0.3, 0.4) is 0 Å². The number of hydrogen-bond donors (Lipinski definition) is 2. The number of nitrogens with zero attached hydrogens (tertiary/aromatic N) is 2. The number of amides is 1. The minimum absolute atomic E-state index is 0.228. The molecule has 1 aliphatic heterocycles. The van der Waals surface area contributed by atoms with Crippen LogP contribution in [0.5, 0.6) is 5.75 Å². The Morgan fingerprint density at radius 1 is 1.25 bits per heavy atom. The van der Waals surface area contributed by atoms with Crippen LogP contribution in [0.4, 0.5) is 4.79 Å². The lowest BCUT2D eigenvalue weighted by atomic mass is 9.97. The third-order valence-corrected chi connectivity index (χ3v) is 4.66. The van der Waals surface area contributed by atoms with Crippen LogP contribution >= 0.6 is 0 Å². The van der Waals surface area contributed by atoms with Gasteiger partial charge in [0.1, 0.15) is 11.4 Å². The highest BCUT2D eigenvalue weighted by molar-refractivity contribution is 5.77. The summed E-state index contributed by atoms with van der Waals surface area (Å²) in [4.78, 5) is 18.3. The van der Waals surface area contributed by atoms with E-state index in [9.17, 15) is 4.79 Å². The number of carbonyl (C=O) groups excluding carboxylic acids is 1. The zero-order valence-electron chi connectivity index (χ0n) is 17.5. The van der Waals surface area contributed by atoms with E-state index in [2.05, 4.69) is 10.3 Å². The number of likely N-dealkylation sites (tertiary alicyclic amines) is 1.